The monoisotopic (exact) mass is 266 g/mol. The fourth-order valence-electron chi connectivity index (χ4n) is 1.45. The number of rotatable bonds is 4. The van der Waals surface area contributed by atoms with Crippen molar-refractivity contribution in [2.75, 3.05) is 17.1 Å². The predicted octanol–water partition coefficient (Wildman–Crippen LogP) is 1.56. The van der Waals surface area contributed by atoms with Gasteiger partial charge in [-0.05, 0) is 31.2 Å². The van der Waals surface area contributed by atoms with Gasteiger partial charge in [-0.15, -0.1) is 0 Å². The molecule has 0 unspecified atom stereocenters. The number of aromatic amines is 1. The number of hydrogen-bond acceptors (Lipinski definition) is 4. The van der Waals surface area contributed by atoms with E-state index in [-0.39, 0.29) is 5.03 Å². The lowest BCUT2D eigenvalue weighted by atomic mass is 10.3. The Balaban J connectivity index is 2.22. The molecule has 3 N–H and O–H groups in total. The number of nitrogens with one attached hydrogen (secondary N) is 3. The normalized spacial score (nSPS) is 11.2. The smallest absolute Gasteiger partial charge is 0.278 e. The number of imidazole rings is 1. The maximum absolute atomic E-state index is 12.0. The van der Waals surface area contributed by atoms with Gasteiger partial charge in [-0.25, -0.2) is 4.98 Å². The molecule has 0 radical (unpaired) electrons. The second-order valence-corrected chi connectivity index (χ2v) is 5.42. The highest BCUT2D eigenvalue weighted by molar-refractivity contribution is 7.92. The number of anilines is 2. The summed E-state index contributed by atoms with van der Waals surface area (Å²) in [7, 11) is -1.80. The summed E-state index contributed by atoms with van der Waals surface area (Å²) < 4.78 is 26.4. The second-order valence-electron chi connectivity index (χ2n) is 3.77. The Morgan fingerprint density at radius 3 is 2.28 bits per heavy atom. The molecule has 2 rings (SSSR count). The standard InChI is InChI=1S/C11H14N4O2S/c1-8-13-7-11(14-8)18(16,17)15-10-5-3-9(12-2)4-6-10/h3-7,12,15H,1-2H3,(H,13,14). The third-order valence-corrected chi connectivity index (χ3v) is 3.69. The summed E-state index contributed by atoms with van der Waals surface area (Å²) in [6.45, 7) is 1.70. The molecule has 0 aliphatic rings. The lowest BCUT2D eigenvalue weighted by Gasteiger charge is -2.07. The molecule has 1 aromatic heterocycles. The first kappa shape index (κ1) is 12.4. The van der Waals surface area contributed by atoms with Crippen molar-refractivity contribution in [3.8, 4) is 0 Å². The number of hydrogen-bond donors (Lipinski definition) is 3. The molecule has 18 heavy (non-hydrogen) atoms. The van der Waals surface area contributed by atoms with Crippen molar-refractivity contribution < 1.29 is 8.42 Å². The molecule has 1 heterocycles. The van der Waals surface area contributed by atoms with Crippen LogP contribution in [0.25, 0.3) is 0 Å². The van der Waals surface area contributed by atoms with Crippen LogP contribution < -0.4 is 10.0 Å². The van der Waals surface area contributed by atoms with E-state index in [1.54, 1.807) is 38.2 Å². The Hall–Kier alpha value is -2.02. The molecule has 1 aromatic carbocycles. The van der Waals surface area contributed by atoms with E-state index in [9.17, 15) is 8.42 Å². The molecule has 0 saturated heterocycles. The molecule has 0 spiro atoms. The summed E-state index contributed by atoms with van der Waals surface area (Å²) in [5.41, 5.74) is 1.41. The average molecular weight is 266 g/mol. The summed E-state index contributed by atoms with van der Waals surface area (Å²) in [4.78, 5) is 6.55. The van der Waals surface area contributed by atoms with E-state index in [0.29, 0.717) is 11.5 Å². The first-order chi connectivity index (χ1) is 8.51. The number of benzene rings is 1. The van der Waals surface area contributed by atoms with Gasteiger partial charge in [0.15, 0.2) is 5.03 Å². The molecule has 0 bridgehead atoms. The molecule has 7 heteroatoms. The van der Waals surface area contributed by atoms with Gasteiger partial charge in [-0.1, -0.05) is 0 Å². The second kappa shape index (κ2) is 4.69. The minimum absolute atomic E-state index is 0.0534. The van der Waals surface area contributed by atoms with Gasteiger partial charge in [0.05, 0.1) is 6.20 Å². The number of aromatic nitrogens is 2. The van der Waals surface area contributed by atoms with Gasteiger partial charge >= 0.3 is 0 Å². The molecule has 0 atom stereocenters. The molecule has 96 valence electrons. The van der Waals surface area contributed by atoms with Crippen molar-refractivity contribution in [3.05, 3.63) is 36.3 Å². The lowest BCUT2D eigenvalue weighted by molar-refractivity contribution is 0.598. The summed E-state index contributed by atoms with van der Waals surface area (Å²) in [6.07, 6.45) is 1.29. The van der Waals surface area contributed by atoms with Crippen LogP contribution in [0.5, 0.6) is 0 Å². The molecule has 0 aliphatic carbocycles. The van der Waals surface area contributed by atoms with Crippen LogP contribution in [0, 0.1) is 6.92 Å². The molecular formula is C11H14N4O2S. The van der Waals surface area contributed by atoms with E-state index >= 15 is 0 Å². The first-order valence-corrected chi connectivity index (χ1v) is 6.82. The minimum Gasteiger partial charge on any atom is -0.388 e. The van der Waals surface area contributed by atoms with Crippen molar-refractivity contribution in [3.63, 3.8) is 0 Å². The maximum atomic E-state index is 12.0. The van der Waals surface area contributed by atoms with Gasteiger partial charge in [-0.2, -0.15) is 8.42 Å². The maximum Gasteiger partial charge on any atom is 0.278 e. The predicted molar refractivity (Wildman–Crippen MR) is 70.1 cm³/mol. The zero-order valence-electron chi connectivity index (χ0n) is 10.1. The number of aryl methyl sites for hydroxylation is 1. The highest BCUT2D eigenvalue weighted by Crippen LogP contribution is 2.17. The molecule has 0 amide bonds. The fourth-order valence-corrected chi connectivity index (χ4v) is 2.48. The number of sulfonamides is 1. The van der Waals surface area contributed by atoms with Crippen LogP contribution in [-0.4, -0.2) is 25.4 Å². The van der Waals surface area contributed by atoms with Crippen molar-refractivity contribution in [1.82, 2.24) is 9.97 Å². The highest BCUT2D eigenvalue weighted by Gasteiger charge is 2.16. The molecular weight excluding hydrogens is 252 g/mol. The average Bonchev–Trinajstić information content (AvgIpc) is 2.77. The first-order valence-electron chi connectivity index (χ1n) is 5.33. The van der Waals surface area contributed by atoms with Crippen molar-refractivity contribution in [2.45, 2.75) is 11.9 Å². The van der Waals surface area contributed by atoms with E-state index in [4.69, 9.17) is 0 Å². The molecule has 0 saturated carbocycles. The molecule has 0 aliphatic heterocycles. The Morgan fingerprint density at radius 2 is 1.78 bits per heavy atom. The van der Waals surface area contributed by atoms with Gasteiger partial charge in [0, 0.05) is 18.4 Å². The summed E-state index contributed by atoms with van der Waals surface area (Å²) in [5.74, 6) is 0.556. The molecule has 6 nitrogen and oxygen atoms in total. The largest absolute Gasteiger partial charge is 0.388 e. The Bertz CT molecular complexity index is 631. The van der Waals surface area contributed by atoms with Crippen LogP contribution in [-0.2, 0) is 10.0 Å². The number of H-pyrrole nitrogens is 1. The molecule has 2 aromatic rings. The van der Waals surface area contributed by atoms with Crippen LogP contribution in [0.2, 0.25) is 0 Å². The van der Waals surface area contributed by atoms with Crippen LogP contribution >= 0.6 is 0 Å². The Morgan fingerprint density at radius 1 is 1.17 bits per heavy atom. The van der Waals surface area contributed by atoms with Crippen LogP contribution in [0.1, 0.15) is 5.82 Å². The topological polar surface area (TPSA) is 86.9 Å². The quantitative estimate of drug-likeness (QED) is 0.783. The summed E-state index contributed by atoms with van der Waals surface area (Å²) in [6, 6.07) is 6.95. The van der Waals surface area contributed by atoms with Crippen LogP contribution in [0.15, 0.2) is 35.5 Å². The van der Waals surface area contributed by atoms with Crippen molar-refractivity contribution >= 4 is 21.4 Å². The van der Waals surface area contributed by atoms with Crippen LogP contribution in [0.4, 0.5) is 11.4 Å². The van der Waals surface area contributed by atoms with E-state index in [2.05, 4.69) is 20.0 Å². The Kier molecular flexibility index (Phi) is 3.24. The van der Waals surface area contributed by atoms with Gasteiger partial charge in [0.1, 0.15) is 5.82 Å². The van der Waals surface area contributed by atoms with Gasteiger partial charge in [0.25, 0.3) is 10.0 Å². The molecule has 0 fully saturated rings. The fraction of sp³-hybridized carbons (Fsp3) is 0.182. The SMILES string of the molecule is CNc1ccc(NS(=O)(=O)c2cnc(C)[nH]2)cc1. The summed E-state index contributed by atoms with van der Waals surface area (Å²) in [5, 5.41) is 3.01. The van der Waals surface area contributed by atoms with E-state index < -0.39 is 10.0 Å². The third kappa shape index (κ3) is 2.62. The van der Waals surface area contributed by atoms with Gasteiger partial charge in [0.2, 0.25) is 0 Å². The minimum atomic E-state index is -3.60. The van der Waals surface area contributed by atoms with Gasteiger partial charge < -0.3 is 10.3 Å². The van der Waals surface area contributed by atoms with Gasteiger partial charge in [-0.3, -0.25) is 4.72 Å². The Labute approximate surface area is 106 Å². The van der Waals surface area contributed by atoms with Crippen molar-refractivity contribution in [2.24, 2.45) is 0 Å². The zero-order chi connectivity index (χ0) is 13.2. The van der Waals surface area contributed by atoms with Crippen molar-refractivity contribution in [1.29, 1.82) is 0 Å². The summed E-state index contributed by atoms with van der Waals surface area (Å²) >= 11 is 0. The number of nitrogens with zero attached hydrogens (tertiary/aromatic N) is 1. The van der Waals surface area contributed by atoms with Crippen LogP contribution in [0.3, 0.4) is 0 Å². The van der Waals surface area contributed by atoms with E-state index in [1.165, 1.54) is 6.20 Å². The highest BCUT2D eigenvalue weighted by atomic mass is 32.2. The van der Waals surface area contributed by atoms with E-state index in [1.807, 2.05) is 0 Å². The third-order valence-electron chi connectivity index (χ3n) is 2.39. The van der Waals surface area contributed by atoms with E-state index in [0.717, 1.165) is 5.69 Å². The lowest BCUT2D eigenvalue weighted by Crippen LogP contribution is -2.13. The zero-order valence-corrected chi connectivity index (χ0v) is 10.9.